The Labute approximate surface area is 194 Å². The zero-order chi connectivity index (χ0) is 22.7. The minimum Gasteiger partial charge on any atom is -0.494 e. The van der Waals surface area contributed by atoms with E-state index in [9.17, 15) is 9.59 Å². The molecule has 0 saturated carbocycles. The molecular weight excluding hydrogens is 449 g/mol. The molecule has 8 heteroatoms. The van der Waals surface area contributed by atoms with Gasteiger partial charge in [0, 0.05) is 23.2 Å². The van der Waals surface area contributed by atoms with Crippen LogP contribution in [0.25, 0.3) is 10.9 Å². The van der Waals surface area contributed by atoms with Crippen molar-refractivity contribution < 1.29 is 14.3 Å². The molecule has 0 aliphatic heterocycles. The largest absolute Gasteiger partial charge is 0.494 e. The van der Waals surface area contributed by atoms with Crippen LogP contribution >= 0.6 is 23.2 Å². The highest BCUT2D eigenvalue weighted by molar-refractivity contribution is 6.51. The number of nitrogens with one attached hydrogen (secondary N) is 1. The monoisotopic (exact) mass is 467 g/mol. The van der Waals surface area contributed by atoms with Gasteiger partial charge < -0.3 is 14.6 Å². The lowest BCUT2D eigenvalue weighted by Gasteiger charge is -2.08. The summed E-state index contributed by atoms with van der Waals surface area (Å²) in [6.07, 6.45) is 1.53. The Morgan fingerprint density at radius 1 is 1.06 bits per heavy atom. The van der Waals surface area contributed by atoms with Crippen LogP contribution in [0.15, 0.2) is 66.9 Å². The van der Waals surface area contributed by atoms with Gasteiger partial charge in [-0.2, -0.15) is 0 Å². The molecule has 6 nitrogen and oxygen atoms in total. The number of benzene rings is 2. The standard InChI is InChI=1S/C24H19Cl2N3O3/c1-2-32-17-10-11-19-18(13-17)21(22(30)24(31)28-20-5-3-4-12-27-20)23(26)29(19)14-15-6-8-16(25)9-7-15/h3-13H,2,14H2,1H3,(H,27,28,31). The van der Waals surface area contributed by atoms with E-state index in [0.717, 1.165) is 5.56 Å². The highest BCUT2D eigenvalue weighted by Crippen LogP contribution is 2.34. The van der Waals surface area contributed by atoms with Crippen molar-refractivity contribution >= 4 is 51.6 Å². The molecule has 4 aromatic rings. The topological polar surface area (TPSA) is 73.2 Å². The van der Waals surface area contributed by atoms with Crippen LogP contribution in [0.4, 0.5) is 5.82 Å². The Kier molecular flexibility index (Phi) is 6.44. The van der Waals surface area contributed by atoms with E-state index in [4.69, 9.17) is 27.9 Å². The number of amides is 1. The number of ketones is 1. The SMILES string of the molecule is CCOc1ccc2c(c1)c(C(=O)C(=O)Nc1ccccn1)c(Cl)n2Cc1ccc(Cl)cc1. The average molecular weight is 468 g/mol. The average Bonchev–Trinajstić information content (AvgIpc) is 3.06. The van der Waals surface area contributed by atoms with E-state index in [2.05, 4.69) is 10.3 Å². The van der Waals surface area contributed by atoms with Crippen molar-refractivity contribution in [2.45, 2.75) is 13.5 Å². The number of carbonyl (C=O) groups excluding carboxylic acids is 2. The first-order chi connectivity index (χ1) is 15.5. The second-order valence-corrected chi connectivity index (χ2v) is 7.78. The van der Waals surface area contributed by atoms with E-state index in [1.807, 2.05) is 31.2 Å². The van der Waals surface area contributed by atoms with Crippen molar-refractivity contribution in [3.05, 3.63) is 88.2 Å². The number of hydrogen-bond acceptors (Lipinski definition) is 4. The first-order valence-corrected chi connectivity index (χ1v) is 10.7. The fraction of sp³-hybridized carbons (Fsp3) is 0.125. The molecule has 2 aromatic heterocycles. The quantitative estimate of drug-likeness (QED) is 0.283. The molecule has 0 radical (unpaired) electrons. The van der Waals surface area contributed by atoms with Crippen molar-refractivity contribution in [2.75, 3.05) is 11.9 Å². The van der Waals surface area contributed by atoms with Gasteiger partial charge >= 0.3 is 0 Å². The maximum Gasteiger partial charge on any atom is 0.298 e. The molecule has 2 aromatic carbocycles. The molecular formula is C24H19Cl2N3O3. The summed E-state index contributed by atoms with van der Waals surface area (Å²) in [6, 6.07) is 17.7. The summed E-state index contributed by atoms with van der Waals surface area (Å²) in [4.78, 5) is 29.9. The molecule has 4 rings (SSSR count). The molecule has 0 aliphatic rings. The number of Topliss-reactive ketones (excluding diaryl/α,β-unsaturated/α-hetero) is 1. The number of ether oxygens (including phenoxy) is 1. The lowest BCUT2D eigenvalue weighted by Crippen LogP contribution is -2.23. The summed E-state index contributed by atoms with van der Waals surface area (Å²) in [7, 11) is 0. The zero-order valence-corrected chi connectivity index (χ0v) is 18.7. The van der Waals surface area contributed by atoms with Crippen LogP contribution in [0.3, 0.4) is 0 Å². The summed E-state index contributed by atoms with van der Waals surface area (Å²) >= 11 is 12.7. The normalized spacial score (nSPS) is 10.8. The first-order valence-electron chi connectivity index (χ1n) is 9.93. The molecule has 0 aliphatic carbocycles. The molecule has 0 bridgehead atoms. The summed E-state index contributed by atoms with van der Waals surface area (Å²) in [5, 5.41) is 3.86. The summed E-state index contributed by atoms with van der Waals surface area (Å²) < 4.78 is 7.39. The van der Waals surface area contributed by atoms with Gasteiger partial charge in [0.05, 0.1) is 17.7 Å². The Morgan fingerprint density at radius 2 is 1.84 bits per heavy atom. The fourth-order valence-electron chi connectivity index (χ4n) is 3.43. The van der Waals surface area contributed by atoms with Gasteiger partial charge in [0.1, 0.15) is 16.7 Å². The van der Waals surface area contributed by atoms with Crippen LogP contribution in [0.5, 0.6) is 5.75 Å². The number of halogens is 2. The Bertz CT molecular complexity index is 1290. The van der Waals surface area contributed by atoms with E-state index < -0.39 is 11.7 Å². The van der Waals surface area contributed by atoms with E-state index in [1.54, 1.807) is 41.0 Å². The highest BCUT2D eigenvalue weighted by Gasteiger charge is 2.27. The van der Waals surface area contributed by atoms with E-state index in [-0.39, 0.29) is 16.5 Å². The van der Waals surface area contributed by atoms with Crippen LogP contribution < -0.4 is 10.1 Å². The summed E-state index contributed by atoms with van der Waals surface area (Å²) in [5.41, 5.74) is 1.77. The van der Waals surface area contributed by atoms with Crippen molar-refractivity contribution in [3.8, 4) is 5.75 Å². The van der Waals surface area contributed by atoms with Crippen LogP contribution in [0, 0.1) is 0 Å². The molecule has 1 N–H and O–H groups in total. The van der Waals surface area contributed by atoms with Gasteiger partial charge in [-0.25, -0.2) is 4.98 Å². The number of pyridine rings is 1. The van der Waals surface area contributed by atoms with Crippen LogP contribution in [-0.4, -0.2) is 27.8 Å². The maximum atomic E-state index is 13.2. The predicted molar refractivity (Wildman–Crippen MR) is 126 cm³/mol. The molecule has 2 heterocycles. The van der Waals surface area contributed by atoms with Gasteiger partial charge in [0.2, 0.25) is 0 Å². The third-order valence-electron chi connectivity index (χ3n) is 4.88. The van der Waals surface area contributed by atoms with Crippen molar-refractivity contribution in [3.63, 3.8) is 0 Å². The Morgan fingerprint density at radius 3 is 2.53 bits per heavy atom. The van der Waals surface area contributed by atoms with Gasteiger partial charge in [-0.15, -0.1) is 0 Å². The number of hydrogen-bond donors (Lipinski definition) is 1. The molecule has 32 heavy (non-hydrogen) atoms. The molecule has 0 spiro atoms. The third kappa shape index (κ3) is 4.47. The van der Waals surface area contributed by atoms with Crippen molar-refractivity contribution in [2.24, 2.45) is 0 Å². The smallest absolute Gasteiger partial charge is 0.298 e. The Balaban J connectivity index is 1.78. The molecule has 1 amide bonds. The highest BCUT2D eigenvalue weighted by atomic mass is 35.5. The van der Waals surface area contributed by atoms with Gasteiger partial charge in [0.15, 0.2) is 0 Å². The maximum absolute atomic E-state index is 13.2. The molecule has 0 fully saturated rings. The number of rotatable bonds is 7. The number of fused-ring (bicyclic) bond motifs is 1. The van der Waals surface area contributed by atoms with Crippen LogP contribution in [0.2, 0.25) is 10.2 Å². The van der Waals surface area contributed by atoms with Gasteiger partial charge in [-0.1, -0.05) is 41.4 Å². The lowest BCUT2D eigenvalue weighted by molar-refractivity contribution is -0.112. The predicted octanol–water partition coefficient (Wildman–Crippen LogP) is 5.61. The van der Waals surface area contributed by atoms with Crippen LogP contribution in [0.1, 0.15) is 22.8 Å². The van der Waals surface area contributed by atoms with Gasteiger partial charge in [0.25, 0.3) is 11.7 Å². The minimum absolute atomic E-state index is 0.116. The fourth-order valence-corrected chi connectivity index (χ4v) is 3.89. The lowest BCUT2D eigenvalue weighted by atomic mass is 10.1. The van der Waals surface area contributed by atoms with Gasteiger partial charge in [-0.3, -0.25) is 9.59 Å². The number of carbonyl (C=O) groups is 2. The van der Waals surface area contributed by atoms with Crippen LogP contribution in [-0.2, 0) is 11.3 Å². The second-order valence-electron chi connectivity index (χ2n) is 6.99. The molecule has 0 saturated heterocycles. The number of aromatic nitrogens is 2. The van der Waals surface area contributed by atoms with E-state index >= 15 is 0 Å². The molecule has 0 unspecified atom stereocenters. The van der Waals surface area contributed by atoms with Crippen molar-refractivity contribution in [1.29, 1.82) is 0 Å². The summed E-state index contributed by atoms with van der Waals surface area (Å²) in [6.45, 7) is 2.74. The number of anilines is 1. The summed E-state index contributed by atoms with van der Waals surface area (Å²) in [5.74, 6) is -0.714. The number of nitrogens with zero attached hydrogens (tertiary/aromatic N) is 2. The molecule has 0 atom stereocenters. The second kappa shape index (κ2) is 9.42. The minimum atomic E-state index is -0.821. The zero-order valence-electron chi connectivity index (χ0n) is 17.1. The molecule has 162 valence electrons. The van der Waals surface area contributed by atoms with Gasteiger partial charge in [-0.05, 0) is 55.0 Å². The third-order valence-corrected chi connectivity index (χ3v) is 5.52. The van der Waals surface area contributed by atoms with Crippen molar-refractivity contribution in [1.82, 2.24) is 9.55 Å². The van der Waals surface area contributed by atoms with E-state index in [0.29, 0.717) is 34.8 Å². The Hall–Kier alpha value is -3.35. The van der Waals surface area contributed by atoms with E-state index in [1.165, 1.54) is 6.20 Å². The first kappa shape index (κ1) is 21.9.